The first-order valence-corrected chi connectivity index (χ1v) is 22.5. The maximum absolute atomic E-state index is 5.48. The molecule has 1 aliphatic carbocycles. The van der Waals surface area contributed by atoms with Crippen LogP contribution < -0.4 is 0 Å². The zero-order chi connectivity index (χ0) is 43.6. The minimum absolute atomic E-state index is 0.613. The molecule has 0 unspecified atom stereocenters. The molecule has 0 N–H and O–H groups in total. The summed E-state index contributed by atoms with van der Waals surface area (Å²) in [4.78, 5) is 16.2. The van der Waals surface area contributed by atoms with Crippen LogP contribution in [0.4, 0.5) is 0 Å². The van der Waals surface area contributed by atoms with Gasteiger partial charge in [0.05, 0.1) is 22.2 Å². The van der Waals surface area contributed by atoms with E-state index in [-0.39, 0.29) is 0 Å². The van der Waals surface area contributed by atoms with E-state index in [1.54, 1.807) is 0 Å². The predicted octanol–water partition coefficient (Wildman–Crippen LogP) is 15.0. The molecule has 5 nitrogen and oxygen atoms in total. The number of para-hydroxylation sites is 3. The lowest BCUT2D eigenvalue weighted by atomic mass is 9.99. The first kappa shape index (κ1) is 37.7. The average Bonchev–Trinajstić information content (AvgIpc) is 3.92. The van der Waals surface area contributed by atoms with Crippen molar-refractivity contribution < 1.29 is 0 Å². The molecule has 12 aromatic rings. The Kier molecular flexibility index (Phi) is 8.82. The molecule has 0 bridgehead atoms. The van der Waals surface area contributed by atoms with Crippen molar-refractivity contribution in [1.82, 2.24) is 24.1 Å². The third-order valence-electron chi connectivity index (χ3n) is 13.1. The van der Waals surface area contributed by atoms with Crippen molar-refractivity contribution >= 4 is 49.6 Å². The highest BCUT2D eigenvalue weighted by Gasteiger charge is 2.27. The molecule has 66 heavy (non-hydrogen) atoms. The van der Waals surface area contributed by atoms with Crippen LogP contribution in [0, 0.1) is 12.1 Å². The lowest BCUT2D eigenvalue weighted by molar-refractivity contribution is 0.889. The van der Waals surface area contributed by atoms with Crippen LogP contribution in [0.15, 0.2) is 206 Å². The van der Waals surface area contributed by atoms with E-state index in [2.05, 4.69) is 221 Å². The van der Waals surface area contributed by atoms with Crippen molar-refractivity contribution in [3.8, 4) is 67.8 Å². The highest BCUT2D eigenvalue weighted by Crippen LogP contribution is 2.44. The molecule has 0 fully saturated rings. The first-order chi connectivity index (χ1) is 32.8. The molecule has 9 aromatic carbocycles. The molecule has 0 saturated heterocycles. The number of hydrogen-bond donors (Lipinski definition) is 0. The fourth-order valence-electron chi connectivity index (χ4n) is 10.2. The normalized spacial score (nSPS) is 12.2. The van der Waals surface area contributed by atoms with E-state index in [1.165, 1.54) is 22.0 Å². The summed E-state index contributed by atoms with van der Waals surface area (Å²) in [6.07, 6.45) is 6.43. The van der Waals surface area contributed by atoms with E-state index in [0.29, 0.717) is 17.5 Å². The SMILES string of the molecule is c1ccc(-c2ccccc2)c(-n2c3ccccc3c3cccc(-n4c5c(c6cccc(-c7nc(-c8ccc9ccccc9c8)nc(-c8ccccc8-c8ccccc8)n7)c64)C=CCC5)c32)c#1. The molecule has 5 heteroatoms. The third-order valence-corrected chi connectivity index (χ3v) is 13.1. The molecule has 0 aliphatic heterocycles. The summed E-state index contributed by atoms with van der Waals surface area (Å²) in [5, 5.41) is 5.79. The Bertz CT molecular complexity index is 3880. The zero-order valence-corrected chi connectivity index (χ0v) is 35.9. The van der Waals surface area contributed by atoms with Crippen LogP contribution >= 0.6 is 0 Å². The first-order valence-electron chi connectivity index (χ1n) is 22.5. The molecule has 308 valence electrons. The Morgan fingerprint density at radius 2 is 1.09 bits per heavy atom. The fraction of sp³-hybridized carbons (Fsp3) is 0.0328. The highest BCUT2D eigenvalue weighted by molar-refractivity contribution is 6.13. The molecule has 0 saturated carbocycles. The van der Waals surface area contributed by atoms with Gasteiger partial charge in [-0.1, -0.05) is 182 Å². The summed E-state index contributed by atoms with van der Waals surface area (Å²) in [6.45, 7) is 0. The third kappa shape index (κ3) is 6.08. The molecule has 3 heterocycles. The van der Waals surface area contributed by atoms with E-state index in [1.807, 2.05) is 12.1 Å². The molecular formula is C61H39N5. The van der Waals surface area contributed by atoms with Gasteiger partial charge in [0.25, 0.3) is 0 Å². The van der Waals surface area contributed by atoms with E-state index in [4.69, 9.17) is 15.0 Å². The smallest absolute Gasteiger partial charge is 0.166 e. The molecule has 0 spiro atoms. The number of allylic oxidation sites excluding steroid dienone is 1. The molecule has 1 aliphatic rings. The average molecular weight is 842 g/mol. The lowest BCUT2D eigenvalue weighted by Crippen LogP contribution is -2.07. The van der Waals surface area contributed by atoms with Crippen LogP contribution in [0.3, 0.4) is 0 Å². The number of aromatic nitrogens is 5. The van der Waals surface area contributed by atoms with E-state index in [0.717, 1.165) is 95.9 Å². The molecular weight excluding hydrogens is 803 g/mol. The predicted molar refractivity (Wildman–Crippen MR) is 271 cm³/mol. The number of benzene rings is 8. The minimum Gasteiger partial charge on any atom is -0.310 e. The second-order valence-corrected chi connectivity index (χ2v) is 16.9. The Morgan fingerprint density at radius 1 is 0.439 bits per heavy atom. The van der Waals surface area contributed by atoms with Crippen LogP contribution in [-0.2, 0) is 6.42 Å². The van der Waals surface area contributed by atoms with Gasteiger partial charge in [-0.2, -0.15) is 0 Å². The fourth-order valence-corrected chi connectivity index (χ4v) is 10.2. The van der Waals surface area contributed by atoms with Crippen molar-refractivity contribution in [1.29, 1.82) is 0 Å². The number of hydrogen-bond acceptors (Lipinski definition) is 3. The van der Waals surface area contributed by atoms with Gasteiger partial charge >= 0.3 is 0 Å². The van der Waals surface area contributed by atoms with Crippen molar-refractivity contribution in [3.63, 3.8) is 0 Å². The second-order valence-electron chi connectivity index (χ2n) is 16.9. The van der Waals surface area contributed by atoms with Crippen molar-refractivity contribution in [2.24, 2.45) is 0 Å². The molecule has 0 atom stereocenters. The van der Waals surface area contributed by atoms with Gasteiger partial charge in [-0.25, -0.2) is 15.0 Å². The summed E-state index contributed by atoms with van der Waals surface area (Å²) < 4.78 is 4.91. The van der Waals surface area contributed by atoms with Gasteiger partial charge in [-0.05, 0) is 82.8 Å². The Morgan fingerprint density at radius 3 is 1.94 bits per heavy atom. The maximum atomic E-state index is 5.48. The molecule has 3 aromatic heterocycles. The van der Waals surface area contributed by atoms with E-state index < -0.39 is 0 Å². The summed E-state index contributed by atoms with van der Waals surface area (Å²) in [7, 11) is 0. The number of fused-ring (bicyclic) bond motifs is 7. The van der Waals surface area contributed by atoms with Gasteiger partial charge in [-0.3, -0.25) is 4.57 Å². The second kappa shape index (κ2) is 15.4. The Hall–Kier alpha value is -8.85. The van der Waals surface area contributed by atoms with Gasteiger partial charge in [0.15, 0.2) is 17.5 Å². The van der Waals surface area contributed by atoms with Crippen LogP contribution in [0.25, 0.3) is 117 Å². The summed E-state index contributed by atoms with van der Waals surface area (Å²) in [5.74, 6) is 1.85. The largest absolute Gasteiger partial charge is 0.310 e. The van der Waals surface area contributed by atoms with E-state index >= 15 is 0 Å². The van der Waals surface area contributed by atoms with Crippen molar-refractivity contribution in [3.05, 3.63) is 230 Å². The Labute approximate surface area is 382 Å². The molecule has 0 radical (unpaired) electrons. The Balaban J connectivity index is 1.12. The molecule has 13 rings (SSSR count). The number of nitrogens with zero attached hydrogens (tertiary/aromatic N) is 5. The summed E-state index contributed by atoms with van der Waals surface area (Å²) in [6, 6.07) is 77.5. The monoisotopic (exact) mass is 841 g/mol. The van der Waals surface area contributed by atoms with Gasteiger partial charge in [0.1, 0.15) is 5.69 Å². The van der Waals surface area contributed by atoms with Crippen molar-refractivity contribution in [2.75, 3.05) is 0 Å². The van der Waals surface area contributed by atoms with E-state index in [9.17, 15) is 0 Å². The lowest BCUT2D eigenvalue weighted by Gasteiger charge is -2.18. The number of rotatable bonds is 7. The van der Waals surface area contributed by atoms with Gasteiger partial charge in [-0.15, -0.1) is 0 Å². The van der Waals surface area contributed by atoms with Crippen LogP contribution in [-0.4, -0.2) is 24.1 Å². The van der Waals surface area contributed by atoms with Crippen LogP contribution in [0.5, 0.6) is 0 Å². The topological polar surface area (TPSA) is 48.5 Å². The standard InChI is InChI=1S/C61H39N5/c1-3-20-41(21-4-1)45-25-9-10-29-51(45)60-62-59(44-38-37-40-19-7-8-24-43(40)39-44)63-61(64-60)52-32-17-30-49-47-27-12-16-35-55(47)66(57(49)52)56-36-18-31-50-48-28-13-15-34-54(48)65(58(50)56)53-33-14-11-26-46(53)42-22-5-2-6-23-42/h1-13,15,17-32,34,36-39H,16,35H2. The highest BCUT2D eigenvalue weighted by atomic mass is 15.1. The summed E-state index contributed by atoms with van der Waals surface area (Å²) >= 11 is 0. The zero-order valence-electron chi connectivity index (χ0n) is 35.9. The molecule has 0 amide bonds. The van der Waals surface area contributed by atoms with Gasteiger partial charge in [0.2, 0.25) is 0 Å². The van der Waals surface area contributed by atoms with Gasteiger partial charge < -0.3 is 4.57 Å². The van der Waals surface area contributed by atoms with Crippen LogP contribution in [0.2, 0.25) is 0 Å². The van der Waals surface area contributed by atoms with Crippen LogP contribution in [0.1, 0.15) is 17.7 Å². The summed E-state index contributed by atoms with van der Waals surface area (Å²) in [5.41, 5.74) is 15.0. The maximum Gasteiger partial charge on any atom is 0.166 e. The minimum atomic E-state index is 0.613. The van der Waals surface area contributed by atoms with Gasteiger partial charge in [0, 0.05) is 49.7 Å². The quantitative estimate of drug-likeness (QED) is 0.161. The van der Waals surface area contributed by atoms with Crippen molar-refractivity contribution in [2.45, 2.75) is 12.8 Å².